The summed E-state index contributed by atoms with van der Waals surface area (Å²) >= 11 is 0. The fourth-order valence-electron chi connectivity index (χ4n) is 4.16. The number of alkyl halides is 3. The lowest BCUT2D eigenvalue weighted by molar-refractivity contribution is -0.141. The van der Waals surface area contributed by atoms with E-state index >= 15 is 0 Å². The topological polar surface area (TPSA) is 88.2 Å². The van der Waals surface area contributed by atoms with Gasteiger partial charge in [-0.05, 0) is 42.0 Å². The molecule has 1 amide bonds. The SMILES string of the molecule is C#Cc1cc(NC(NC(=O)C=Cc2ccc(C(F)(F)F)nc2-c2cccc(F)c2)c2ccccc2)cc(F)c1S(C)(=O)=O. The highest BCUT2D eigenvalue weighted by atomic mass is 32.2. The van der Waals surface area contributed by atoms with Crippen LogP contribution < -0.4 is 10.6 Å². The molecule has 6 nitrogen and oxygen atoms in total. The second-order valence-electron chi connectivity index (χ2n) is 9.22. The lowest BCUT2D eigenvalue weighted by Crippen LogP contribution is -2.32. The Morgan fingerprint density at radius 3 is 2.35 bits per heavy atom. The highest BCUT2D eigenvalue weighted by Gasteiger charge is 2.33. The highest BCUT2D eigenvalue weighted by molar-refractivity contribution is 7.90. The van der Waals surface area contributed by atoms with Crippen molar-refractivity contribution in [1.82, 2.24) is 10.3 Å². The molecule has 2 N–H and O–H groups in total. The van der Waals surface area contributed by atoms with Gasteiger partial charge in [0.15, 0.2) is 9.84 Å². The summed E-state index contributed by atoms with van der Waals surface area (Å²) in [5, 5.41) is 5.58. The standard InChI is InChI=1S/C31H22F5N3O3S/c1-3-19-17-24(18-25(33)29(19)43(2,41)42)37-30(21-8-5-4-6-9-21)39-27(40)15-13-20-12-14-26(31(34,35)36)38-28(20)22-10-7-11-23(32)16-22/h1,4-18,30,37H,2H3,(H,39,40). The molecule has 1 aromatic heterocycles. The molecule has 1 heterocycles. The van der Waals surface area contributed by atoms with E-state index in [4.69, 9.17) is 6.42 Å². The molecule has 1 atom stereocenters. The van der Waals surface area contributed by atoms with E-state index in [1.54, 1.807) is 30.3 Å². The Bertz CT molecular complexity index is 1850. The highest BCUT2D eigenvalue weighted by Crippen LogP contribution is 2.32. The fourth-order valence-corrected chi connectivity index (χ4v) is 5.09. The van der Waals surface area contributed by atoms with E-state index in [0.717, 1.165) is 42.7 Å². The summed E-state index contributed by atoms with van der Waals surface area (Å²) in [5.74, 6) is -0.328. The Morgan fingerprint density at radius 1 is 1.00 bits per heavy atom. The number of pyridine rings is 1. The number of nitrogens with zero attached hydrogens (tertiary/aromatic N) is 1. The van der Waals surface area contributed by atoms with Gasteiger partial charge in [-0.25, -0.2) is 22.2 Å². The van der Waals surface area contributed by atoms with E-state index in [9.17, 15) is 35.2 Å². The number of carbonyl (C=O) groups is 1. The van der Waals surface area contributed by atoms with Gasteiger partial charge in [-0.3, -0.25) is 4.79 Å². The molecule has 12 heteroatoms. The number of amides is 1. The number of nitrogens with one attached hydrogen (secondary N) is 2. The molecular formula is C31H22F5N3O3S. The van der Waals surface area contributed by atoms with Gasteiger partial charge in [0.1, 0.15) is 28.4 Å². The number of aromatic nitrogens is 1. The van der Waals surface area contributed by atoms with Crippen LogP contribution in [0.2, 0.25) is 0 Å². The van der Waals surface area contributed by atoms with Crippen LogP contribution >= 0.6 is 0 Å². The summed E-state index contributed by atoms with van der Waals surface area (Å²) in [6, 6.07) is 17.3. The predicted molar refractivity (Wildman–Crippen MR) is 152 cm³/mol. The summed E-state index contributed by atoms with van der Waals surface area (Å²) in [4.78, 5) is 16.0. The molecule has 0 spiro atoms. The van der Waals surface area contributed by atoms with E-state index in [0.29, 0.717) is 5.56 Å². The number of terminal acetylenes is 1. The summed E-state index contributed by atoms with van der Waals surface area (Å²) in [7, 11) is -3.98. The number of rotatable bonds is 8. The molecule has 0 radical (unpaired) electrons. The third-order valence-corrected chi connectivity index (χ3v) is 7.19. The Morgan fingerprint density at radius 2 is 1.72 bits per heavy atom. The molecule has 0 aliphatic carbocycles. The van der Waals surface area contributed by atoms with Crippen LogP contribution in [0.5, 0.6) is 0 Å². The van der Waals surface area contributed by atoms with Gasteiger partial charge in [-0.1, -0.05) is 54.5 Å². The normalized spacial score (nSPS) is 12.5. The van der Waals surface area contributed by atoms with Crippen molar-refractivity contribution in [3.8, 4) is 23.6 Å². The number of hydrogen-bond acceptors (Lipinski definition) is 5. The first-order chi connectivity index (χ1) is 20.3. The van der Waals surface area contributed by atoms with E-state index in [-0.39, 0.29) is 28.1 Å². The Kier molecular flexibility index (Phi) is 8.96. The third-order valence-electron chi connectivity index (χ3n) is 6.03. The van der Waals surface area contributed by atoms with Gasteiger partial charge in [-0.2, -0.15) is 13.2 Å². The van der Waals surface area contributed by atoms with Crippen molar-refractivity contribution in [1.29, 1.82) is 0 Å². The molecule has 43 heavy (non-hydrogen) atoms. The molecule has 0 saturated carbocycles. The number of anilines is 1. The summed E-state index contributed by atoms with van der Waals surface area (Å²) < 4.78 is 92.8. The lowest BCUT2D eigenvalue weighted by Gasteiger charge is -2.22. The van der Waals surface area contributed by atoms with E-state index in [1.807, 2.05) is 0 Å². The number of benzene rings is 3. The second kappa shape index (κ2) is 12.5. The van der Waals surface area contributed by atoms with Crippen LogP contribution in [0, 0.1) is 24.0 Å². The van der Waals surface area contributed by atoms with Gasteiger partial charge in [0.2, 0.25) is 5.91 Å². The maximum Gasteiger partial charge on any atom is 0.433 e. The van der Waals surface area contributed by atoms with Crippen LogP contribution in [0.25, 0.3) is 17.3 Å². The van der Waals surface area contributed by atoms with Crippen molar-refractivity contribution in [2.24, 2.45) is 0 Å². The van der Waals surface area contributed by atoms with Crippen LogP contribution in [0.4, 0.5) is 27.6 Å². The van der Waals surface area contributed by atoms with E-state index in [1.165, 1.54) is 24.3 Å². The number of hydrogen-bond donors (Lipinski definition) is 2. The van der Waals surface area contributed by atoms with Crippen LogP contribution in [-0.4, -0.2) is 25.6 Å². The molecule has 0 bridgehead atoms. The Labute approximate surface area is 244 Å². The van der Waals surface area contributed by atoms with Crippen LogP contribution in [0.15, 0.2) is 89.8 Å². The van der Waals surface area contributed by atoms with Crippen LogP contribution in [-0.2, 0) is 20.8 Å². The van der Waals surface area contributed by atoms with Gasteiger partial charge in [0.25, 0.3) is 0 Å². The summed E-state index contributed by atoms with van der Waals surface area (Å²) in [6.45, 7) is 0. The third kappa shape index (κ3) is 7.64. The van der Waals surface area contributed by atoms with Crippen molar-refractivity contribution in [3.05, 3.63) is 119 Å². The second-order valence-corrected chi connectivity index (χ2v) is 11.2. The zero-order valence-electron chi connectivity index (χ0n) is 22.3. The first-order valence-electron chi connectivity index (χ1n) is 12.4. The minimum absolute atomic E-state index is 0.0660. The minimum atomic E-state index is -4.76. The first kappa shape index (κ1) is 30.9. The first-order valence-corrected chi connectivity index (χ1v) is 14.3. The number of halogens is 5. The molecule has 3 aromatic carbocycles. The summed E-state index contributed by atoms with van der Waals surface area (Å²) in [5.41, 5.74) is -0.842. The van der Waals surface area contributed by atoms with Crippen LogP contribution in [0.1, 0.15) is 28.6 Å². The predicted octanol–water partition coefficient (Wildman–Crippen LogP) is 6.37. The monoisotopic (exact) mass is 611 g/mol. The van der Waals surface area contributed by atoms with Crippen molar-refractivity contribution in [2.45, 2.75) is 17.2 Å². The largest absolute Gasteiger partial charge is 0.433 e. The maximum absolute atomic E-state index is 14.8. The number of carbonyl (C=O) groups excluding carboxylic acids is 1. The van der Waals surface area contributed by atoms with E-state index < -0.39 is 50.3 Å². The van der Waals surface area contributed by atoms with Crippen LogP contribution in [0.3, 0.4) is 0 Å². The van der Waals surface area contributed by atoms with Crippen molar-refractivity contribution < 1.29 is 35.2 Å². The Hall–Kier alpha value is -5.02. The molecule has 4 rings (SSSR count). The minimum Gasteiger partial charge on any atom is -0.361 e. The smallest absolute Gasteiger partial charge is 0.361 e. The maximum atomic E-state index is 14.8. The molecule has 220 valence electrons. The Balaban J connectivity index is 1.66. The number of sulfone groups is 1. The van der Waals surface area contributed by atoms with Crippen molar-refractivity contribution >= 4 is 27.5 Å². The van der Waals surface area contributed by atoms with E-state index in [2.05, 4.69) is 21.5 Å². The molecular weight excluding hydrogens is 589 g/mol. The quantitative estimate of drug-likeness (QED) is 0.105. The molecule has 0 aliphatic heterocycles. The summed E-state index contributed by atoms with van der Waals surface area (Å²) in [6.07, 6.45) is 2.78. The molecule has 1 unspecified atom stereocenters. The van der Waals surface area contributed by atoms with Gasteiger partial charge in [0, 0.05) is 34.7 Å². The zero-order valence-corrected chi connectivity index (χ0v) is 23.1. The molecule has 0 fully saturated rings. The van der Waals surface area contributed by atoms with Gasteiger partial charge in [0.05, 0.1) is 5.69 Å². The molecule has 4 aromatic rings. The average Bonchev–Trinajstić information content (AvgIpc) is 2.94. The molecule has 0 aliphatic rings. The van der Waals surface area contributed by atoms with Crippen molar-refractivity contribution in [3.63, 3.8) is 0 Å². The average molecular weight is 612 g/mol. The van der Waals surface area contributed by atoms with Gasteiger partial charge < -0.3 is 10.6 Å². The zero-order chi connectivity index (χ0) is 31.4. The lowest BCUT2D eigenvalue weighted by atomic mass is 10.0. The van der Waals surface area contributed by atoms with Gasteiger partial charge in [-0.15, -0.1) is 6.42 Å². The molecule has 0 saturated heterocycles. The fraction of sp³-hybridized carbons (Fsp3) is 0.0968. The van der Waals surface area contributed by atoms with Crippen molar-refractivity contribution in [2.75, 3.05) is 11.6 Å². The van der Waals surface area contributed by atoms with Gasteiger partial charge >= 0.3 is 6.18 Å².